The van der Waals surface area contributed by atoms with Crippen LogP contribution in [0.25, 0.3) is 0 Å². The highest BCUT2D eigenvalue weighted by atomic mass is 16.5. The van der Waals surface area contributed by atoms with E-state index in [0.29, 0.717) is 12.0 Å². The Morgan fingerprint density at radius 3 is 2.70 bits per heavy atom. The largest absolute Gasteiger partial charge is 0.496 e. The van der Waals surface area contributed by atoms with Crippen molar-refractivity contribution in [2.24, 2.45) is 23.5 Å². The highest BCUT2D eigenvalue weighted by Crippen LogP contribution is 2.47. The summed E-state index contributed by atoms with van der Waals surface area (Å²) in [7, 11) is 3.94. The van der Waals surface area contributed by atoms with E-state index in [9.17, 15) is 0 Å². The van der Waals surface area contributed by atoms with Crippen LogP contribution >= 0.6 is 0 Å². The van der Waals surface area contributed by atoms with Crippen LogP contribution in [0.15, 0.2) is 24.3 Å². The SMILES string of the molecule is COc1ccccc1CN(C)CC1C2CCC(C2)C1N. The summed E-state index contributed by atoms with van der Waals surface area (Å²) >= 11 is 0. The van der Waals surface area contributed by atoms with Crippen LogP contribution < -0.4 is 10.5 Å². The highest BCUT2D eigenvalue weighted by molar-refractivity contribution is 5.33. The smallest absolute Gasteiger partial charge is 0.123 e. The first-order chi connectivity index (χ1) is 9.69. The molecule has 0 aromatic heterocycles. The van der Waals surface area contributed by atoms with Crippen LogP contribution in [0.2, 0.25) is 0 Å². The molecule has 3 nitrogen and oxygen atoms in total. The summed E-state index contributed by atoms with van der Waals surface area (Å²) in [5.41, 5.74) is 7.67. The maximum absolute atomic E-state index is 6.41. The Labute approximate surface area is 122 Å². The molecule has 110 valence electrons. The fourth-order valence-corrected chi connectivity index (χ4v) is 4.27. The Hall–Kier alpha value is -1.06. The molecule has 0 radical (unpaired) electrons. The first-order valence-electron chi connectivity index (χ1n) is 7.75. The van der Waals surface area contributed by atoms with Crippen molar-refractivity contribution in [3.8, 4) is 5.75 Å². The van der Waals surface area contributed by atoms with Crippen LogP contribution in [0, 0.1) is 17.8 Å². The fraction of sp³-hybridized carbons (Fsp3) is 0.647. The van der Waals surface area contributed by atoms with E-state index in [-0.39, 0.29) is 0 Å². The van der Waals surface area contributed by atoms with Gasteiger partial charge in [0.25, 0.3) is 0 Å². The lowest BCUT2D eigenvalue weighted by molar-refractivity contribution is 0.193. The Bertz CT molecular complexity index is 460. The van der Waals surface area contributed by atoms with Gasteiger partial charge in [-0.2, -0.15) is 0 Å². The number of ether oxygens (including phenoxy) is 1. The monoisotopic (exact) mass is 274 g/mol. The average molecular weight is 274 g/mol. The van der Waals surface area contributed by atoms with Crippen molar-refractivity contribution in [3.63, 3.8) is 0 Å². The van der Waals surface area contributed by atoms with E-state index in [1.165, 1.54) is 24.8 Å². The third-order valence-corrected chi connectivity index (χ3v) is 5.31. The summed E-state index contributed by atoms with van der Waals surface area (Å²) in [5, 5.41) is 0. The molecular formula is C17H26N2O. The van der Waals surface area contributed by atoms with Crippen LogP contribution in [0.1, 0.15) is 24.8 Å². The summed E-state index contributed by atoms with van der Waals surface area (Å²) < 4.78 is 5.44. The van der Waals surface area contributed by atoms with Gasteiger partial charge in [-0.25, -0.2) is 0 Å². The predicted molar refractivity (Wildman–Crippen MR) is 81.6 cm³/mol. The number of hydrogen-bond donors (Lipinski definition) is 1. The molecule has 3 rings (SSSR count). The molecule has 0 aliphatic heterocycles. The lowest BCUT2D eigenvalue weighted by atomic mass is 9.84. The molecule has 1 aromatic rings. The van der Waals surface area contributed by atoms with Gasteiger partial charge in [0.15, 0.2) is 0 Å². The Kier molecular flexibility index (Phi) is 3.99. The summed E-state index contributed by atoms with van der Waals surface area (Å²) in [5.74, 6) is 3.34. The van der Waals surface area contributed by atoms with E-state index in [1.54, 1.807) is 7.11 Å². The van der Waals surface area contributed by atoms with Gasteiger partial charge in [-0.05, 0) is 50.1 Å². The Morgan fingerprint density at radius 1 is 1.25 bits per heavy atom. The van der Waals surface area contributed by atoms with Gasteiger partial charge < -0.3 is 15.4 Å². The minimum absolute atomic E-state index is 0.425. The predicted octanol–water partition coefficient (Wildman–Crippen LogP) is 2.50. The van der Waals surface area contributed by atoms with Crippen molar-refractivity contribution >= 4 is 0 Å². The second kappa shape index (κ2) is 5.74. The molecule has 1 aromatic carbocycles. The molecule has 2 fully saturated rings. The zero-order valence-electron chi connectivity index (χ0n) is 12.6. The van der Waals surface area contributed by atoms with E-state index in [4.69, 9.17) is 10.5 Å². The lowest BCUT2D eigenvalue weighted by Gasteiger charge is -2.32. The van der Waals surface area contributed by atoms with Crippen molar-refractivity contribution in [2.75, 3.05) is 20.7 Å². The number of benzene rings is 1. The van der Waals surface area contributed by atoms with Crippen LogP contribution in [0.4, 0.5) is 0 Å². The molecule has 2 saturated carbocycles. The van der Waals surface area contributed by atoms with Gasteiger partial charge in [-0.15, -0.1) is 0 Å². The van der Waals surface area contributed by atoms with E-state index in [2.05, 4.69) is 24.1 Å². The van der Waals surface area contributed by atoms with E-state index in [0.717, 1.165) is 30.7 Å². The Balaban J connectivity index is 1.61. The number of rotatable bonds is 5. The van der Waals surface area contributed by atoms with Gasteiger partial charge in [-0.1, -0.05) is 18.2 Å². The highest BCUT2D eigenvalue weighted by Gasteiger charge is 2.45. The van der Waals surface area contributed by atoms with Crippen LogP contribution in [0.5, 0.6) is 5.75 Å². The number of nitrogens with zero attached hydrogens (tertiary/aromatic N) is 1. The van der Waals surface area contributed by atoms with Crippen LogP contribution in [-0.4, -0.2) is 31.6 Å². The number of nitrogens with two attached hydrogens (primary N) is 1. The van der Waals surface area contributed by atoms with E-state index < -0.39 is 0 Å². The van der Waals surface area contributed by atoms with Gasteiger partial charge in [0.05, 0.1) is 7.11 Å². The van der Waals surface area contributed by atoms with Crippen molar-refractivity contribution in [1.82, 2.24) is 4.90 Å². The molecule has 2 aliphatic rings. The normalized spacial score (nSPS) is 32.0. The third kappa shape index (κ3) is 2.57. The fourth-order valence-electron chi connectivity index (χ4n) is 4.27. The number of fused-ring (bicyclic) bond motifs is 2. The zero-order valence-corrected chi connectivity index (χ0v) is 12.6. The molecular weight excluding hydrogens is 248 g/mol. The first kappa shape index (κ1) is 13.9. The van der Waals surface area contributed by atoms with Gasteiger partial charge in [-0.3, -0.25) is 0 Å². The van der Waals surface area contributed by atoms with Gasteiger partial charge in [0.1, 0.15) is 5.75 Å². The second-order valence-corrected chi connectivity index (χ2v) is 6.58. The number of methoxy groups -OCH3 is 1. The van der Waals surface area contributed by atoms with Gasteiger partial charge >= 0.3 is 0 Å². The van der Waals surface area contributed by atoms with E-state index >= 15 is 0 Å². The summed E-state index contributed by atoms with van der Waals surface area (Å²) in [6, 6.07) is 8.71. The molecule has 0 heterocycles. The molecule has 3 heteroatoms. The van der Waals surface area contributed by atoms with Crippen molar-refractivity contribution in [3.05, 3.63) is 29.8 Å². The number of para-hydroxylation sites is 1. The van der Waals surface area contributed by atoms with Crippen molar-refractivity contribution < 1.29 is 4.74 Å². The summed E-state index contributed by atoms with van der Waals surface area (Å²) in [6.45, 7) is 2.05. The van der Waals surface area contributed by atoms with Gasteiger partial charge in [0, 0.05) is 24.7 Å². The van der Waals surface area contributed by atoms with Crippen LogP contribution in [0.3, 0.4) is 0 Å². The molecule has 2 N–H and O–H groups in total. The topological polar surface area (TPSA) is 38.5 Å². The first-order valence-corrected chi connectivity index (χ1v) is 7.75. The molecule has 0 amide bonds. The van der Waals surface area contributed by atoms with Crippen molar-refractivity contribution in [2.45, 2.75) is 31.8 Å². The molecule has 0 saturated heterocycles. The minimum Gasteiger partial charge on any atom is -0.496 e. The quantitative estimate of drug-likeness (QED) is 0.896. The number of hydrogen-bond acceptors (Lipinski definition) is 3. The molecule has 2 bridgehead atoms. The standard InChI is InChI=1S/C17H26N2O/c1-19(10-14-5-3-4-6-16(14)20-2)11-15-12-7-8-13(9-12)17(15)18/h3-6,12-13,15,17H,7-11,18H2,1-2H3. The average Bonchev–Trinajstić information content (AvgIpc) is 3.03. The maximum atomic E-state index is 6.41. The molecule has 2 aliphatic carbocycles. The molecule has 20 heavy (non-hydrogen) atoms. The van der Waals surface area contributed by atoms with Crippen LogP contribution in [-0.2, 0) is 6.54 Å². The second-order valence-electron chi connectivity index (χ2n) is 6.58. The maximum Gasteiger partial charge on any atom is 0.123 e. The minimum atomic E-state index is 0.425. The molecule has 0 spiro atoms. The van der Waals surface area contributed by atoms with E-state index in [1.807, 2.05) is 12.1 Å². The lowest BCUT2D eigenvalue weighted by Crippen LogP contribution is -2.41. The molecule has 4 atom stereocenters. The molecule has 4 unspecified atom stereocenters. The summed E-state index contributed by atoms with van der Waals surface area (Å²) in [4.78, 5) is 2.41. The zero-order chi connectivity index (χ0) is 14.1. The van der Waals surface area contributed by atoms with Crippen molar-refractivity contribution in [1.29, 1.82) is 0 Å². The Morgan fingerprint density at radius 2 is 2.00 bits per heavy atom. The third-order valence-electron chi connectivity index (χ3n) is 5.31. The summed E-state index contributed by atoms with van der Waals surface area (Å²) in [6.07, 6.45) is 4.12. The van der Waals surface area contributed by atoms with Gasteiger partial charge in [0.2, 0.25) is 0 Å².